The molecule has 0 aliphatic carbocycles. The van der Waals surface area contributed by atoms with Gasteiger partial charge >= 0.3 is 72.9 Å². The lowest BCUT2D eigenvalue weighted by Gasteiger charge is -2.35. The number of Topliss-reactive ketones (excluding diaryl/α,β-unsaturated/α-hetero) is 1. The highest BCUT2D eigenvalue weighted by atomic mass is 35.5. The van der Waals surface area contributed by atoms with Gasteiger partial charge in [0.15, 0.2) is 23.0 Å². The van der Waals surface area contributed by atoms with Crippen LogP contribution in [-0.2, 0) is 94.2 Å². The molecule has 6 saturated heterocycles. The Hall–Kier alpha value is -9.79. The smallest absolute Gasteiger partial charge is 0.375 e. The predicted molar refractivity (Wildman–Crippen MR) is 505 cm³/mol. The molecule has 7 aliphatic rings. The number of ketones is 1. The van der Waals surface area contributed by atoms with Gasteiger partial charge in [-0.05, 0) is 141 Å². The first-order chi connectivity index (χ1) is 65.2. The lowest BCUT2D eigenvalue weighted by atomic mass is 9.91. The third-order valence-electron chi connectivity index (χ3n) is 22.1. The number of hydrogen-bond acceptors (Lipinski definition) is 27. The molecule has 0 radical (unpaired) electrons. The molecular weight excluding hydrogens is 2020 g/mol. The normalized spacial score (nSPS) is 17.7. The van der Waals surface area contributed by atoms with Gasteiger partial charge in [-0.3, -0.25) is 9.59 Å². The Labute approximate surface area is 812 Å². The molecule has 0 saturated carbocycles. The van der Waals surface area contributed by atoms with Gasteiger partial charge in [-0.2, -0.15) is 93.4 Å². The number of aliphatic imine (C=N–C) groups is 1. The number of fused-ring (bicyclic) bond motifs is 2. The van der Waals surface area contributed by atoms with Gasteiger partial charge < -0.3 is 43.4 Å². The number of rotatable bonds is 27. The fourth-order valence-corrected chi connectivity index (χ4v) is 19.8. The Balaban J connectivity index is 0.000000183. The van der Waals surface area contributed by atoms with Gasteiger partial charge in [-0.15, -0.1) is 0 Å². The molecule has 1 amide bonds. The van der Waals surface area contributed by atoms with Crippen LogP contribution in [-0.4, -0.2) is 288 Å². The summed E-state index contributed by atoms with van der Waals surface area (Å²) >= 11 is 6.16. The standard InChI is InChI=1S/C17H15ClFN3O3S.C17H20FNO3S.C16H22FNO6S.C12H15FN2O3S.2C10H12FNO3S.C5H11FN2O4S2/c18-12-5-6-15-13(11-12)17(20-14-3-1-2-4-16(14)25-15)21-7-9-22(10-8-21)26(19,23)24;1-14-8-10-16(11-9-14)22-17(15-6-4-3-5-7-15)12-13-19(2)23(18,20)21;1-22-14-8-12(9-15(23-2)16(14)24-3)13(19)7-11-5-4-6-18(10-11)25(17,20)21;13-19(17,18)15-8-6-11(7-9-15)14-12(16)10-4-2-1-3-5-10;1-8-3-2-4-9(5-8)15-10-6-12(7-10)16(11,13)14;11-16(13,14)12-6-10(7-12)15-8-9-4-2-1-3-5-9;1-13(9,10)7-2-4-8(5-3-7)14(6,11)12/h1-6,11H,7-10H2;3-11,17H,12-13H2,1-2H3;8-9,11H,4-7,10H2,1-3H3;1-5,11H,6-9H2,(H,14,16);2-5,10H,6-7H2,1H3;1-5,10H,6-8H2;2-5H2,1H3. The van der Waals surface area contributed by atoms with Crippen molar-refractivity contribution in [2.24, 2.45) is 10.9 Å². The summed E-state index contributed by atoms with van der Waals surface area (Å²) in [6.45, 7) is 5.55. The van der Waals surface area contributed by atoms with Crippen molar-refractivity contribution in [1.82, 2.24) is 44.7 Å². The number of piperidine rings is 2. The zero-order valence-corrected chi connectivity index (χ0v) is 83.6. The Morgan fingerprint density at radius 3 is 1.51 bits per heavy atom. The second-order valence-corrected chi connectivity index (χ2v) is 44.1. The first kappa shape index (κ1) is 113. The summed E-state index contributed by atoms with van der Waals surface area (Å²) in [5.41, 5.74) is 6.42. The first-order valence-electron chi connectivity index (χ1n) is 42.8. The number of nitrogens with one attached hydrogen (secondary N) is 1. The number of para-hydroxylation sites is 2. The van der Waals surface area contributed by atoms with Crippen LogP contribution in [0.3, 0.4) is 0 Å². The number of benzene rings is 8. The minimum atomic E-state index is -4.72. The summed E-state index contributed by atoms with van der Waals surface area (Å²) in [7, 11) is -30.2. The van der Waals surface area contributed by atoms with E-state index in [1.807, 2.05) is 152 Å². The SMILES string of the molecule is COc1cc(C(=O)CC2CCCN(S(=O)(=O)F)C2)cc(OC)c1OC.CS(=O)(=O)N1CCN(S(=O)(=O)F)CC1.Cc1ccc(OC(CCN(C)S(=O)(=O)F)c2ccccc2)cc1.Cc1cccc(OC2CN(S(=O)(=O)F)C2)c1.O=C(NC1CCN(S(=O)(=O)F)CC1)c1ccccc1.O=S(=O)(F)N1CC(OCc2ccccc2)C1.O=S(=O)(F)N1CCN(C2=Nc3ccccc3Oc3ccc(Cl)cc32)CC1. The second-order valence-electron chi connectivity index (χ2n) is 32.2. The van der Waals surface area contributed by atoms with Gasteiger partial charge in [0.25, 0.3) is 5.91 Å². The van der Waals surface area contributed by atoms with Gasteiger partial charge in [-0.25, -0.2) is 13.4 Å². The molecular formula is C87H107ClF7N11O25S8. The number of amides is 1. The van der Waals surface area contributed by atoms with E-state index in [9.17, 15) is 104 Å². The number of nitrogens with zero attached hydrogens (tertiary/aromatic N) is 10. The van der Waals surface area contributed by atoms with Crippen LogP contribution in [0.25, 0.3) is 0 Å². The fourth-order valence-electron chi connectivity index (χ4n) is 14.5. The third kappa shape index (κ3) is 36.0. The van der Waals surface area contributed by atoms with Crippen molar-refractivity contribution in [3.05, 3.63) is 238 Å². The maximum absolute atomic E-state index is 13.2. The van der Waals surface area contributed by atoms with E-state index < -0.39 is 82.9 Å². The van der Waals surface area contributed by atoms with Gasteiger partial charge in [0, 0.05) is 140 Å². The number of amidine groups is 1. The molecule has 2 atom stereocenters. The average molecular weight is 2130 g/mol. The lowest BCUT2D eigenvalue weighted by Crippen LogP contribution is -2.54. The van der Waals surface area contributed by atoms with Crippen LogP contribution in [0.1, 0.15) is 93.2 Å². The van der Waals surface area contributed by atoms with Gasteiger partial charge in [0.1, 0.15) is 41.0 Å². The predicted octanol–water partition coefficient (Wildman–Crippen LogP) is 11.5. The van der Waals surface area contributed by atoms with Crippen molar-refractivity contribution >= 4 is 118 Å². The summed E-state index contributed by atoms with van der Waals surface area (Å²) in [5.74, 6) is 3.72. The highest BCUT2D eigenvalue weighted by Crippen LogP contribution is 2.42. The summed E-state index contributed by atoms with van der Waals surface area (Å²) in [4.78, 5) is 31.1. The number of carbonyl (C=O) groups is 2. The summed E-state index contributed by atoms with van der Waals surface area (Å²) in [6, 6.07) is 58.5. The zero-order chi connectivity index (χ0) is 102. The monoisotopic (exact) mass is 2130 g/mol. The maximum atomic E-state index is 13.2. The van der Waals surface area contributed by atoms with Gasteiger partial charge in [-0.1, -0.05) is 160 Å². The second kappa shape index (κ2) is 50.7. The Morgan fingerprint density at radius 1 is 0.489 bits per heavy atom. The molecule has 0 spiro atoms. The van der Waals surface area contributed by atoms with Crippen LogP contribution in [0, 0.1) is 19.8 Å². The van der Waals surface area contributed by atoms with Crippen LogP contribution >= 0.6 is 11.6 Å². The van der Waals surface area contributed by atoms with Crippen molar-refractivity contribution in [3.8, 4) is 40.2 Å². The maximum Gasteiger partial charge on any atom is 0.375 e. The van der Waals surface area contributed by atoms with E-state index in [1.54, 1.807) is 60.7 Å². The average Bonchev–Trinajstić information content (AvgIpc) is 1.75. The number of piperazine rings is 2. The highest BCUT2D eigenvalue weighted by molar-refractivity contribution is 7.88. The molecule has 764 valence electrons. The van der Waals surface area contributed by atoms with Crippen molar-refractivity contribution in [2.45, 2.75) is 83.3 Å². The molecule has 7 heterocycles. The minimum Gasteiger partial charge on any atom is -0.493 e. The molecule has 139 heavy (non-hydrogen) atoms. The largest absolute Gasteiger partial charge is 0.493 e. The molecule has 0 aromatic heterocycles. The molecule has 15 rings (SSSR count). The number of aryl methyl sites for hydroxylation is 2. The molecule has 2 unspecified atom stereocenters. The number of carbonyl (C=O) groups excluding carboxylic acids is 2. The van der Waals surface area contributed by atoms with Crippen LogP contribution < -0.4 is 33.7 Å². The molecule has 7 aliphatic heterocycles. The van der Waals surface area contributed by atoms with E-state index in [2.05, 4.69) is 5.32 Å². The van der Waals surface area contributed by atoms with Crippen LogP contribution in [0.5, 0.6) is 40.2 Å². The van der Waals surface area contributed by atoms with Gasteiger partial charge in [0.2, 0.25) is 15.8 Å². The first-order valence-corrected chi connectivity index (χ1v) is 54.4. The van der Waals surface area contributed by atoms with E-state index in [4.69, 9.17) is 49.8 Å². The topological polar surface area (TPSA) is 425 Å². The number of halogens is 8. The van der Waals surface area contributed by atoms with Crippen LogP contribution in [0.4, 0.5) is 32.9 Å². The summed E-state index contributed by atoms with van der Waals surface area (Å²) in [5, 5.41) is 3.36. The highest BCUT2D eigenvalue weighted by Gasteiger charge is 2.40. The molecule has 52 heteroatoms. The third-order valence-corrected chi connectivity index (χ3v) is 30.3. The fraction of sp³-hybridized carbons (Fsp3) is 0.414. The molecule has 1 N–H and O–H groups in total. The zero-order valence-electron chi connectivity index (χ0n) is 76.3. The molecule has 0 bridgehead atoms. The van der Waals surface area contributed by atoms with E-state index in [1.165, 1.54) is 28.4 Å². The van der Waals surface area contributed by atoms with Gasteiger partial charge in [0.05, 0.1) is 58.9 Å². The molecule has 8 aromatic rings. The number of sulfonamides is 1. The van der Waals surface area contributed by atoms with Crippen LogP contribution in [0.2, 0.25) is 5.02 Å². The number of hydrogen-bond donors (Lipinski definition) is 1. The lowest BCUT2D eigenvalue weighted by molar-refractivity contribution is -0.0311. The van der Waals surface area contributed by atoms with Crippen molar-refractivity contribution in [1.29, 1.82) is 0 Å². The Morgan fingerprint density at radius 2 is 0.993 bits per heavy atom. The van der Waals surface area contributed by atoms with Crippen molar-refractivity contribution in [3.63, 3.8) is 0 Å². The summed E-state index contributed by atoms with van der Waals surface area (Å²) in [6.07, 6.45) is 2.71. The van der Waals surface area contributed by atoms with E-state index in [0.717, 1.165) is 54.3 Å². The summed E-state index contributed by atoms with van der Waals surface area (Å²) < 4.78 is 306. The van der Waals surface area contributed by atoms with Crippen LogP contribution in [0.15, 0.2) is 199 Å². The quantitative estimate of drug-likeness (QED) is 0.0284. The number of methoxy groups -OCH3 is 3. The van der Waals surface area contributed by atoms with E-state index in [-0.39, 0.29) is 147 Å². The molecule has 36 nitrogen and oxygen atoms in total. The number of ether oxygens (including phenoxy) is 7. The van der Waals surface area contributed by atoms with Crippen molar-refractivity contribution < 1.29 is 137 Å². The van der Waals surface area contributed by atoms with E-state index in [0.29, 0.717) is 134 Å². The van der Waals surface area contributed by atoms with E-state index >= 15 is 0 Å². The Bertz CT molecular complexity index is 6390. The molecule has 6 fully saturated rings. The minimum absolute atomic E-state index is 0.00197. The molecule has 8 aromatic carbocycles. The van der Waals surface area contributed by atoms with Crippen molar-refractivity contribution in [2.75, 3.05) is 146 Å². The Kier molecular flexibility index (Phi) is 41.2.